The van der Waals surface area contributed by atoms with Crippen molar-refractivity contribution in [3.05, 3.63) is 24.3 Å². The predicted octanol–water partition coefficient (Wildman–Crippen LogP) is 2.15. The Morgan fingerprint density at radius 1 is 1.33 bits per heavy atom. The van der Waals surface area contributed by atoms with Crippen molar-refractivity contribution in [2.24, 2.45) is 0 Å². The first kappa shape index (κ1) is 8.59. The molecule has 3 heteroatoms. The molecule has 0 atom stereocenters. The van der Waals surface area contributed by atoms with E-state index in [2.05, 4.69) is 0 Å². The number of carbonyl (C=O) groups is 1. The van der Waals surface area contributed by atoms with Crippen molar-refractivity contribution in [2.45, 2.75) is 13.3 Å². The maximum absolute atomic E-state index is 10.8. The summed E-state index contributed by atoms with van der Waals surface area (Å²) in [6.45, 7) is 1.71. The van der Waals surface area contributed by atoms with E-state index in [4.69, 9.17) is 4.74 Å². The Bertz CT molecular complexity index is 264. The molecule has 3 nitrogen and oxygen atoms in total. The van der Waals surface area contributed by atoms with E-state index in [0.29, 0.717) is 12.2 Å². The highest BCUT2D eigenvalue weighted by Crippen LogP contribution is 2.16. The van der Waals surface area contributed by atoms with E-state index in [9.17, 15) is 9.90 Å². The van der Waals surface area contributed by atoms with Crippen LogP contribution in [-0.2, 0) is 9.90 Å². The maximum Gasteiger partial charge on any atom is 0.310 e. The van der Waals surface area contributed by atoms with Gasteiger partial charge in [0.15, 0.2) is 5.75 Å². The molecule has 1 aromatic carbocycles. The highest BCUT2D eigenvalue weighted by atomic mass is 16.5. The Balaban J connectivity index is 2.64. The van der Waals surface area contributed by atoms with Crippen LogP contribution in [0.5, 0.6) is 11.5 Å². The normalized spacial score (nSPS) is 9.42. The Labute approximate surface area is 70.6 Å². The van der Waals surface area contributed by atoms with Crippen LogP contribution in [0.1, 0.15) is 13.3 Å². The molecule has 1 radical (unpaired) electrons. The summed E-state index contributed by atoms with van der Waals surface area (Å²) in [6, 6.07) is 5.68. The Morgan fingerprint density at radius 3 is 2.42 bits per heavy atom. The molecule has 0 aromatic heterocycles. The summed E-state index contributed by atoms with van der Waals surface area (Å²) >= 11 is 0. The van der Waals surface area contributed by atoms with E-state index in [0.717, 1.165) is 0 Å². The topological polar surface area (TPSA) is 46.2 Å². The minimum absolute atomic E-state index is 0.0914. The number of ether oxygens (including phenoxy) is 1. The molecule has 12 heavy (non-hydrogen) atoms. The minimum atomic E-state index is -0.298. The SMILES string of the molecule is CCC(=O)Oc1ccc([O])cc1. The quantitative estimate of drug-likeness (QED) is 0.497. The smallest absolute Gasteiger partial charge is 0.310 e. The van der Waals surface area contributed by atoms with Gasteiger partial charge in [-0.1, -0.05) is 6.92 Å². The molecule has 0 heterocycles. The fourth-order valence-electron chi connectivity index (χ4n) is 0.711. The van der Waals surface area contributed by atoms with Crippen molar-refractivity contribution < 1.29 is 14.6 Å². The zero-order chi connectivity index (χ0) is 8.97. The molecule has 0 aliphatic rings. The summed E-state index contributed by atoms with van der Waals surface area (Å²) < 4.78 is 4.84. The summed E-state index contributed by atoms with van der Waals surface area (Å²) in [5.74, 6) is 0.0291. The van der Waals surface area contributed by atoms with E-state index in [-0.39, 0.29) is 11.7 Å². The first-order valence-electron chi connectivity index (χ1n) is 3.70. The van der Waals surface area contributed by atoms with E-state index in [1.54, 1.807) is 6.92 Å². The van der Waals surface area contributed by atoms with Crippen molar-refractivity contribution in [1.82, 2.24) is 0 Å². The van der Waals surface area contributed by atoms with E-state index < -0.39 is 0 Å². The van der Waals surface area contributed by atoms with Crippen LogP contribution in [0.2, 0.25) is 0 Å². The molecule has 1 aromatic rings. The summed E-state index contributed by atoms with van der Waals surface area (Å²) in [6.07, 6.45) is 0.332. The van der Waals surface area contributed by atoms with E-state index in [1.807, 2.05) is 0 Å². The molecule has 0 spiro atoms. The Hall–Kier alpha value is -1.51. The van der Waals surface area contributed by atoms with Gasteiger partial charge in [-0.2, -0.15) is 0 Å². The summed E-state index contributed by atoms with van der Waals surface area (Å²) in [7, 11) is 0. The lowest BCUT2D eigenvalue weighted by Crippen LogP contribution is -2.04. The Morgan fingerprint density at radius 2 is 1.92 bits per heavy atom. The fraction of sp³-hybridized carbons (Fsp3) is 0.222. The van der Waals surface area contributed by atoms with Crippen molar-refractivity contribution in [1.29, 1.82) is 0 Å². The fourth-order valence-corrected chi connectivity index (χ4v) is 0.711. The lowest BCUT2D eigenvalue weighted by molar-refractivity contribution is -0.134. The number of carbonyl (C=O) groups excluding carboxylic acids is 1. The summed E-state index contributed by atoms with van der Waals surface area (Å²) in [5.41, 5.74) is 0. The van der Waals surface area contributed by atoms with Gasteiger partial charge >= 0.3 is 5.97 Å². The zero-order valence-corrected chi connectivity index (χ0v) is 6.74. The van der Waals surface area contributed by atoms with Crippen LogP contribution in [0.15, 0.2) is 24.3 Å². The molecule has 63 valence electrons. The average Bonchev–Trinajstić information content (AvgIpc) is 2.09. The van der Waals surface area contributed by atoms with Gasteiger partial charge in [0.25, 0.3) is 0 Å². The second-order valence-electron chi connectivity index (χ2n) is 2.30. The van der Waals surface area contributed by atoms with Crippen LogP contribution in [0.25, 0.3) is 0 Å². The highest BCUT2D eigenvalue weighted by Gasteiger charge is 2.00. The maximum atomic E-state index is 10.8. The number of hydrogen-bond acceptors (Lipinski definition) is 2. The molecule has 0 unspecified atom stereocenters. The van der Waals surface area contributed by atoms with Crippen LogP contribution in [0.3, 0.4) is 0 Å². The zero-order valence-electron chi connectivity index (χ0n) is 6.74. The predicted molar refractivity (Wildman–Crippen MR) is 42.5 cm³/mol. The number of rotatable bonds is 2. The van der Waals surface area contributed by atoms with Gasteiger partial charge in [-0.05, 0) is 24.3 Å². The van der Waals surface area contributed by atoms with E-state index >= 15 is 0 Å². The molecule has 1 rings (SSSR count). The highest BCUT2D eigenvalue weighted by molar-refractivity contribution is 5.71. The largest absolute Gasteiger partial charge is 0.427 e. The monoisotopic (exact) mass is 165 g/mol. The number of benzene rings is 1. The van der Waals surface area contributed by atoms with Gasteiger partial charge in [-0.3, -0.25) is 9.90 Å². The van der Waals surface area contributed by atoms with Crippen LogP contribution in [0, 0.1) is 0 Å². The van der Waals surface area contributed by atoms with Crippen LogP contribution in [-0.4, -0.2) is 5.97 Å². The minimum Gasteiger partial charge on any atom is -0.427 e. The van der Waals surface area contributed by atoms with Gasteiger partial charge in [-0.15, -0.1) is 0 Å². The van der Waals surface area contributed by atoms with Crippen LogP contribution in [0.4, 0.5) is 0 Å². The van der Waals surface area contributed by atoms with Gasteiger partial charge in [-0.25, -0.2) is 0 Å². The lowest BCUT2D eigenvalue weighted by Gasteiger charge is -2.00. The van der Waals surface area contributed by atoms with Gasteiger partial charge in [0.05, 0.1) is 0 Å². The Kier molecular flexibility index (Phi) is 2.69. The van der Waals surface area contributed by atoms with Crippen LogP contribution < -0.4 is 4.74 Å². The lowest BCUT2D eigenvalue weighted by atomic mass is 10.3. The first-order chi connectivity index (χ1) is 5.72. The average molecular weight is 165 g/mol. The second kappa shape index (κ2) is 3.76. The molecule has 0 aliphatic carbocycles. The van der Waals surface area contributed by atoms with Gasteiger partial charge < -0.3 is 4.74 Å². The molecule has 0 saturated heterocycles. The molecule has 0 saturated carbocycles. The molecule has 0 aliphatic heterocycles. The number of hydrogen-bond donors (Lipinski definition) is 0. The molecular formula is C9H9O3. The van der Waals surface area contributed by atoms with Crippen molar-refractivity contribution >= 4 is 5.97 Å². The first-order valence-corrected chi connectivity index (χ1v) is 3.70. The molecule has 0 amide bonds. The second-order valence-corrected chi connectivity index (χ2v) is 2.30. The number of esters is 1. The standard InChI is InChI=1S/C9H9O3/c1-2-9(11)12-8-5-3-7(10)4-6-8/h3-6H,2H2,1H3. The van der Waals surface area contributed by atoms with Crippen molar-refractivity contribution in [2.75, 3.05) is 0 Å². The molecule has 0 fully saturated rings. The third-order valence-electron chi connectivity index (χ3n) is 1.34. The molecular weight excluding hydrogens is 156 g/mol. The summed E-state index contributed by atoms with van der Waals surface area (Å²) in [5, 5.41) is 10.6. The van der Waals surface area contributed by atoms with Crippen molar-refractivity contribution in [3.63, 3.8) is 0 Å². The van der Waals surface area contributed by atoms with Gasteiger partial charge in [0.1, 0.15) is 5.75 Å². The van der Waals surface area contributed by atoms with Crippen LogP contribution >= 0.6 is 0 Å². The van der Waals surface area contributed by atoms with E-state index in [1.165, 1.54) is 24.3 Å². The van der Waals surface area contributed by atoms with Crippen molar-refractivity contribution in [3.8, 4) is 11.5 Å². The van der Waals surface area contributed by atoms with Gasteiger partial charge in [0, 0.05) is 6.42 Å². The molecule has 0 bridgehead atoms. The summed E-state index contributed by atoms with van der Waals surface area (Å²) in [4.78, 5) is 10.8. The third-order valence-corrected chi connectivity index (χ3v) is 1.34. The van der Waals surface area contributed by atoms with Gasteiger partial charge in [0.2, 0.25) is 0 Å². The third kappa shape index (κ3) is 2.27. The molecule has 0 N–H and O–H groups in total.